The van der Waals surface area contributed by atoms with E-state index in [1.165, 1.54) is 0 Å². The van der Waals surface area contributed by atoms with Gasteiger partial charge < -0.3 is 20.1 Å². The van der Waals surface area contributed by atoms with Gasteiger partial charge in [-0.25, -0.2) is 0 Å². The van der Waals surface area contributed by atoms with Crippen molar-refractivity contribution in [3.8, 4) is 11.5 Å². The summed E-state index contributed by atoms with van der Waals surface area (Å²) in [5.74, 6) is 1.46. The van der Waals surface area contributed by atoms with Gasteiger partial charge in [0.05, 0.1) is 19.1 Å². The number of hydrogen-bond donors (Lipinski definition) is 2. The van der Waals surface area contributed by atoms with Crippen LogP contribution in [0.1, 0.15) is 38.8 Å². The molecular formula is C20H31N3O4. The van der Waals surface area contributed by atoms with Gasteiger partial charge >= 0.3 is 0 Å². The molecule has 0 spiro atoms. The van der Waals surface area contributed by atoms with Gasteiger partial charge in [-0.3, -0.25) is 14.5 Å². The fourth-order valence-electron chi connectivity index (χ4n) is 2.97. The van der Waals surface area contributed by atoms with Crippen LogP contribution in [0.25, 0.3) is 0 Å². The van der Waals surface area contributed by atoms with Gasteiger partial charge in [0.1, 0.15) is 13.2 Å². The molecule has 1 aromatic rings. The third-order valence-corrected chi connectivity index (χ3v) is 4.31. The lowest BCUT2D eigenvalue weighted by atomic mass is 9.95. The first-order chi connectivity index (χ1) is 12.9. The monoisotopic (exact) mass is 377 g/mol. The first kappa shape index (κ1) is 21.0. The molecular weight excluding hydrogens is 346 g/mol. The maximum Gasteiger partial charge on any atom is 0.234 e. The van der Waals surface area contributed by atoms with E-state index in [0.717, 1.165) is 17.7 Å². The van der Waals surface area contributed by atoms with Crippen LogP contribution in [0.3, 0.4) is 0 Å². The highest BCUT2D eigenvalue weighted by Gasteiger charge is 2.22. The Kier molecular flexibility index (Phi) is 7.91. The van der Waals surface area contributed by atoms with E-state index in [0.29, 0.717) is 25.5 Å². The van der Waals surface area contributed by atoms with E-state index < -0.39 is 0 Å². The highest BCUT2D eigenvalue weighted by molar-refractivity contribution is 5.81. The van der Waals surface area contributed by atoms with Gasteiger partial charge in [0.25, 0.3) is 0 Å². The average Bonchev–Trinajstić information content (AvgIpc) is 2.63. The van der Waals surface area contributed by atoms with E-state index in [1.54, 1.807) is 11.9 Å². The van der Waals surface area contributed by atoms with Gasteiger partial charge in [0.2, 0.25) is 11.8 Å². The molecule has 150 valence electrons. The summed E-state index contributed by atoms with van der Waals surface area (Å²) in [5.41, 5.74) is 0.978. The summed E-state index contributed by atoms with van der Waals surface area (Å²) in [6, 6.07) is 5.63. The number of likely N-dealkylation sites (N-methyl/N-ethyl adjacent to an activating group) is 1. The summed E-state index contributed by atoms with van der Waals surface area (Å²) >= 11 is 0. The van der Waals surface area contributed by atoms with Crippen LogP contribution in [-0.2, 0) is 9.59 Å². The van der Waals surface area contributed by atoms with Gasteiger partial charge in [-0.2, -0.15) is 0 Å². The minimum absolute atomic E-state index is 0.0700. The highest BCUT2D eigenvalue weighted by Crippen LogP contribution is 2.34. The van der Waals surface area contributed by atoms with Crippen LogP contribution < -0.4 is 20.1 Å². The van der Waals surface area contributed by atoms with Crippen molar-refractivity contribution in [3.05, 3.63) is 23.8 Å². The topological polar surface area (TPSA) is 79.9 Å². The number of amides is 2. The summed E-state index contributed by atoms with van der Waals surface area (Å²) < 4.78 is 11.2. The minimum Gasteiger partial charge on any atom is -0.486 e. The lowest BCUT2D eigenvalue weighted by Crippen LogP contribution is -2.42. The Morgan fingerprint density at radius 3 is 2.44 bits per heavy atom. The summed E-state index contributed by atoms with van der Waals surface area (Å²) in [4.78, 5) is 26.0. The van der Waals surface area contributed by atoms with Gasteiger partial charge in [-0.15, -0.1) is 0 Å². The number of fused-ring (bicyclic) bond motifs is 1. The Labute approximate surface area is 161 Å². The number of hydrogen-bond acceptors (Lipinski definition) is 5. The van der Waals surface area contributed by atoms with Gasteiger partial charge in [0.15, 0.2) is 11.5 Å². The van der Waals surface area contributed by atoms with Crippen LogP contribution in [0.15, 0.2) is 18.2 Å². The highest BCUT2D eigenvalue weighted by atomic mass is 16.6. The van der Waals surface area contributed by atoms with Crippen molar-refractivity contribution in [2.45, 2.75) is 33.2 Å². The third-order valence-electron chi connectivity index (χ3n) is 4.31. The smallest absolute Gasteiger partial charge is 0.234 e. The van der Waals surface area contributed by atoms with Crippen LogP contribution in [-0.4, -0.2) is 56.6 Å². The Balaban J connectivity index is 1.95. The van der Waals surface area contributed by atoms with Crippen molar-refractivity contribution < 1.29 is 19.1 Å². The number of rotatable bonds is 9. The van der Waals surface area contributed by atoms with Crippen molar-refractivity contribution in [1.82, 2.24) is 15.5 Å². The van der Waals surface area contributed by atoms with Crippen LogP contribution in [0.2, 0.25) is 0 Å². The molecule has 1 aliphatic rings. The molecule has 0 saturated heterocycles. The van der Waals surface area contributed by atoms with Crippen molar-refractivity contribution >= 4 is 11.8 Å². The molecule has 27 heavy (non-hydrogen) atoms. The molecule has 7 heteroatoms. The molecule has 1 unspecified atom stereocenters. The normalized spacial score (nSPS) is 14.1. The quantitative estimate of drug-likeness (QED) is 0.685. The largest absolute Gasteiger partial charge is 0.486 e. The van der Waals surface area contributed by atoms with Crippen LogP contribution in [0.5, 0.6) is 11.5 Å². The van der Waals surface area contributed by atoms with E-state index in [1.807, 2.05) is 25.1 Å². The molecule has 1 heterocycles. The molecule has 0 aliphatic carbocycles. The second-order valence-electron chi connectivity index (χ2n) is 7.21. The average molecular weight is 377 g/mol. The Morgan fingerprint density at radius 2 is 1.78 bits per heavy atom. The van der Waals surface area contributed by atoms with Crippen molar-refractivity contribution in [2.24, 2.45) is 5.92 Å². The number of ether oxygens (including phenoxy) is 2. The second-order valence-corrected chi connectivity index (χ2v) is 7.21. The fourth-order valence-corrected chi connectivity index (χ4v) is 2.97. The molecule has 0 radical (unpaired) electrons. The number of nitrogens with one attached hydrogen (secondary N) is 2. The Bertz CT molecular complexity index is 648. The Hall–Kier alpha value is -2.28. The first-order valence-electron chi connectivity index (χ1n) is 9.54. The fraction of sp³-hybridized carbons (Fsp3) is 0.600. The molecule has 1 aromatic carbocycles. The lowest BCUT2D eigenvalue weighted by Gasteiger charge is -2.26. The maximum atomic E-state index is 12.5. The van der Waals surface area contributed by atoms with Gasteiger partial charge in [-0.1, -0.05) is 26.8 Å². The maximum absolute atomic E-state index is 12.5. The van der Waals surface area contributed by atoms with Crippen LogP contribution in [0.4, 0.5) is 0 Å². The molecule has 2 N–H and O–H groups in total. The standard InChI is InChI=1S/C20H31N3O4/c1-5-8-21-18(24)12-23(4)13-19(25)22-20(14(2)3)15-6-7-16-17(11-15)27-10-9-26-16/h6-7,11,14,20H,5,8-10,12-13H2,1-4H3,(H,21,24)(H,22,25). The van der Waals surface area contributed by atoms with E-state index in [2.05, 4.69) is 24.5 Å². The molecule has 7 nitrogen and oxygen atoms in total. The van der Waals surface area contributed by atoms with Crippen LogP contribution in [0, 0.1) is 5.92 Å². The first-order valence-corrected chi connectivity index (χ1v) is 9.54. The number of carbonyl (C=O) groups excluding carboxylic acids is 2. The minimum atomic E-state index is -0.143. The molecule has 2 amide bonds. The Morgan fingerprint density at radius 1 is 1.11 bits per heavy atom. The molecule has 0 fully saturated rings. The number of nitrogens with zero attached hydrogens (tertiary/aromatic N) is 1. The van der Waals surface area contributed by atoms with E-state index in [9.17, 15) is 9.59 Å². The third kappa shape index (κ3) is 6.43. The summed E-state index contributed by atoms with van der Waals surface area (Å²) in [5, 5.41) is 5.89. The summed E-state index contributed by atoms with van der Waals surface area (Å²) in [6.45, 7) is 8.21. The number of carbonyl (C=O) groups is 2. The van der Waals surface area contributed by atoms with E-state index in [4.69, 9.17) is 9.47 Å². The molecule has 1 aliphatic heterocycles. The molecule has 0 aromatic heterocycles. The number of benzene rings is 1. The molecule has 1 atom stereocenters. The predicted molar refractivity (Wildman–Crippen MR) is 104 cm³/mol. The predicted octanol–water partition coefficient (Wildman–Crippen LogP) is 1.73. The van der Waals surface area contributed by atoms with E-state index in [-0.39, 0.29) is 36.9 Å². The molecule has 2 rings (SSSR count). The van der Waals surface area contributed by atoms with Crippen molar-refractivity contribution in [2.75, 3.05) is 39.9 Å². The lowest BCUT2D eigenvalue weighted by molar-refractivity contribution is -0.125. The summed E-state index contributed by atoms with van der Waals surface area (Å²) in [6.07, 6.45) is 0.890. The van der Waals surface area contributed by atoms with Crippen LogP contribution >= 0.6 is 0 Å². The van der Waals surface area contributed by atoms with Gasteiger partial charge in [-0.05, 0) is 37.1 Å². The van der Waals surface area contributed by atoms with Crippen molar-refractivity contribution in [1.29, 1.82) is 0 Å². The summed E-state index contributed by atoms with van der Waals surface area (Å²) in [7, 11) is 1.76. The van der Waals surface area contributed by atoms with E-state index >= 15 is 0 Å². The molecule has 0 bridgehead atoms. The zero-order valence-corrected chi connectivity index (χ0v) is 16.7. The second kappa shape index (κ2) is 10.2. The zero-order valence-electron chi connectivity index (χ0n) is 16.7. The SMILES string of the molecule is CCCNC(=O)CN(C)CC(=O)NC(c1ccc2c(c1)OCCO2)C(C)C. The van der Waals surface area contributed by atoms with Gasteiger partial charge in [0, 0.05) is 6.54 Å². The van der Waals surface area contributed by atoms with Crippen molar-refractivity contribution in [3.63, 3.8) is 0 Å². The zero-order chi connectivity index (χ0) is 19.8. The molecule has 0 saturated carbocycles.